The Balaban J connectivity index is 1.54. The van der Waals surface area contributed by atoms with Crippen LogP contribution in [0.15, 0.2) is 71.8 Å². The van der Waals surface area contributed by atoms with Crippen LogP contribution in [0.1, 0.15) is 52.8 Å². The van der Waals surface area contributed by atoms with E-state index >= 15 is 0 Å². The van der Waals surface area contributed by atoms with Crippen molar-refractivity contribution >= 4 is 28.6 Å². The van der Waals surface area contributed by atoms with Crippen LogP contribution in [0.4, 0.5) is 13.2 Å². The number of halogens is 3. The smallest absolute Gasteiger partial charge is 0.394 e. The lowest BCUT2D eigenvalue weighted by Gasteiger charge is -2.17. The Morgan fingerprint density at radius 3 is 2.43 bits per heavy atom. The number of aromatic nitrogens is 2. The molecule has 2 N–H and O–H groups in total. The van der Waals surface area contributed by atoms with Gasteiger partial charge in [0.25, 0.3) is 5.91 Å². The molecule has 4 aromatic rings. The van der Waals surface area contributed by atoms with Crippen molar-refractivity contribution in [2.75, 3.05) is 12.4 Å². The SMILES string of the molecule is CCSc1ccc(C(CO)NC(=O)c2ccc3c(c2)cc(Cc2ccc(C(F)(F)F)cn2)n3CC)cc1. The summed E-state index contributed by atoms with van der Waals surface area (Å²) in [5.41, 5.74) is 2.83. The van der Waals surface area contributed by atoms with Gasteiger partial charge in [0.1, 0.15) is 0 Å². The van der Waals surface area contributed by atoms with E-state index in [0.717, 1.165) is 45.1 Å². The van der Waals surface area contributed by atoms with Crippen LogP contribution in [0.3, 0.4) is 0 Å². The van der Waals surface area contributed by atoms with Gasteiger partial charge in [-0.2, -0.15) is 13.2 Å². The third-order valence-corrected chi connectivity index (χ3v) is 7.06. The number of pyridine rings is 1. The quantitative estimate of drug-likeness (QED) is 0.253. The highest BCUT2D eigenvalue weighted by atomic mass is 32.2. The molecule has 1 unspecified atom stereocenters. The fourth-order valence-electron chi connectivity index (χ4n) is 4.31. The molecule has 2 aromatic heterocycles. The number of amides is 1. The number of nitrogens with one attached hydrogen (secondary N) is 1. The number of alkyl halides is 3. The molecule has 0 fully saturated rings. The van der Waals surface area contributed by atoms with E-state index in [1.54, 1.807) is 23.9 Å². The van der Waals surface area contributed by atoms with Gasteiger partial charge in [-0.25, -0.2) is 0 Å². The predicted octanol–water partition coefficient (Wildman–Crippen LogP) is 6.24. The first kappa shape index (κ1) is 26.8. The first-order chi connectivity index (χ1) is 17.7. The lowest BCUT2D eigenvalue weighted by Crippen LogP contribution is -2.30. The van der Waals surface area contributed by atoms with Gasteiger partial charge in [0.05, 0.1) is 18.2 Å². The summed E-state index contributed by atoms with van der Waals surface area (Å²) in [6, 6.07) is 17.0. The minimum absolute atomic E-state index is 0.231. The van der Waals surface area contributed by atoms with E-state index in [9.17, 15) is 23.1 Å². The van der Waals surface area contributed by atoms with Crippen molar-refractivity contribution in [1.29, 1.82) is 0 Å². The van der Waals surface area contributed by atoms with Gasteiger partial charge in [0.2, 0.25) is 0 Å². The number of benzene rings is 2. The zero-order valence-corrected chi connectivity index (χ0v) is 21.4. The third kappa shape index (κ3) is 6.17. The number of hydrogen-bond donors (Lipinski definition) is 2. The standard InChI is InChI=1S/C28H28F3N3O2S/c1-3-34-23(15-22-9-8-21(16-32-22)28(29,30)31)14-20-13-19(7-12-26(20)34)27(36)33-25(17-35)18-5-10-24(11-6-18)37-4-2/h5-14,16,25,35H,3-4,15,17H2,1-2H3,(H,33,36). The molecule has 0 aliphatic carbocycles. The molecule has 4 rings (SSSR count). The second kappa shape index (κ2) is 11.4. The topological polar surface area (TPSA) is 67.2 Å². The summed E-state index contributed by atoms with van der Waals surface area (Å²) >= 11 is 1.72. The Morgan fingerprint density at radius 1 is 1.08 bits per heavy atom. The minimum Gasteiger partial charge on any atom is -0.394 e. The van der Waals surface area contributed by atoms with Crippen LogP contribution in [0.2, 0.25) is 0 Å². The molecule has 2 heterocycles. The summed E-state index contributed by atoms with van der Waals surface area (Å²) in [4.78, 5) is 18.2. The zero-order chi connectivity index (χ0) is 26.6. The van der Waals surface area contributed by atoms with Crippen LogP contribution in [0.25, 0.3) is 10.9 Å². The molecule has 0 aliphatic rings. The molecular formula is C28H28F3N3O2S. The molecule has 5 nitrogen and oxygen atoms in total. The first-order valence-electron chi connectivity index (χ1n) is 12.0. The van der Waals surface area contributed by atoms with Gasteiger partial charge in [-0.3, -0.25) is 9.78 Å². The highest BCUT2D eigenvalue weighted by Crippen LogP contribution is 2.29. The van der Waals surface area contributed by atoms with Gasteiger partial charge in [0.15, 0.2) is 0 Å². The van der Waals surface area contributed by atoms with E-state index < -0.39 is 17.8 Å². The number of nitrogens with zero attached hydrogens (tertiary/aromatic N) is 2. The average Bonchev–Trinajstić information content (AvgIpc) is 3.23. The molecule has 9 heteroatoms. The van der Waals surface area contributed by atoms with Crippen LogP contribution in [0, 0.1) is 0 Å². The number of aryl methyl sites for hydroxylation is 1. The van der Waals surface area contributed by atoms with Crippen molar-refractivity contribution < 1.29 is 23.1 Å². The number of aliphatic hydroxyl groups excluding tert-OH is 1. The van der Waals surface area contributed by atoms with Crippen molar-refractivity contribution in [3.8, 4) is 0 Å². The van der Waals surface area contributed by atoms with Crippen molar-refractivity contribution in [3.63, 3.8) is 0 Å². The molecule has 1 amide bonds. The predicted molar refractivity (Wildman–Crippen MR) is 140 cm³/mol. The maximum Gasteiger partial charge on any atom is 0.417 e. The molecule has 0 saturated heterocycles. The summed E-state index contributed by atoms with van der Waals surface area (Å²) < 4.78 is 40.6. The number of carbonyl (C=O) groups is 1. The fourth-order valence-corrected chi connectivity index (χ4v) is 4.97. The van der Waals surface area contributed by atoms with Crippen molar-refractivity contribution in [1.82, 2.24) is 14.9 Å². The van der Waals surface area contributed by atoms with Gasteiger partial charge >= 0.3 is 6.18 Å². The number of hydrogen-bond acceptors (Lipinski definition) is 4. The van der Waals surface area contributed by atoms with E-state index in [-0.39, 0.29) is 12.5 Å². The molecular weight excluding hydrogens is 499 g/mol. The number of thioether (sulfide) groups is 1. The average molecular weight is 528 g/mol. The highest BCUT2D eigenvalue weighted by molar-refractivity contribution is 7.99. The lowest BCUT2D eigenvalue weighted by atomic mass is 10.1. The number of carbonyl (C=O) groups excluding carboxylic acids is 1. The summed E-state index contributed by atoms with van der Waals surface area (Å²) in [6.45, 7) is 4.49. The summed E-state index contributed by atoms with van der Waals surface area (Å²) in [7, 11) is 0. The molecule has 1 atom stereocenters. The van der Waals surface area contributed by atoms with Gasteiger partial charge < -0.3 is 15.0 Å². The summed E-state index contributed by atoms with van der Waals surface area (Å²) in [5.74, 6) is 0.660. The second-order valence-corrected chi connectivity index (χ2v) is 9.91. The van der Waals surface area contributed by atoms with Gasteiger partial charge in [0, 0.05) is 51.9 Å². The minimum atomic E-state index is -4.42. The fraction of sp³-hybridized carbons (Fsp3) is 0.286. The monoisotopic (exact) mass is 527 g/mol. The Kier molecular flexibility index (Phi) is 8.24. The first-order valence-corrected chi connectivity index (χ1v) is 13.0. The van der Waals surface area contributed by atoms with Crippen LogP contribution >= 0.6 is 11.8 Å². The Labute approximate surface area is 217 Å². The van der Waals surface area contributed by atoms with Gasteiger partial charge in [-0.15, -0.1) is 11.8 Å². The van der Waals surface area contributed by atoms with E-state index in [1.807, 2.05) is 43.3 Å². The number of rotatable bonds is 9. The molecule has 0 bridgehead atoms. The zero-order valence-electron chi connectivity index (χ0n) is 20.5. The van der Waals surface area contributed by atoms with Crippen molar-refractivity contribution in [2.24, 2.45) is 0 Å². The van der Waals surface area contributed by atoms with E-state index in [2.05, 4.69) is 21.8 Å². The maximum absolute atomic E-state index is 13.0. The van der Waals surface area contributed by atoms with E-state index in [4.69, 9.17) is 0 Å². The second-order valence-electron chi connectivity index (χ2n) is 8.58. The molecule has 0 saturated carbocycles. The van der Waals surface area contributed by atoms with Crippen LogP contribution in [0.5, 0.6) is 0 Å². The van der Waals surface area contributed by atoms with Crippen LogP contribution in [-0.4, -0.2) is 32.9 Å². The van der Waals surface area contributed by atoms with E-state index in [1.165, 1.54) is 6.07 Å². The summed E-state index contributed by atoms with van der Waals surface area (Å²) in [5, 5.41) is 13.7. The Bertz CT molecular complexity index is 1370. The molecule has 0 radical (unpaired) electrons. The maximum atomic E-state index is 13.0. The largest absolute Gasteiger partial charge is 0.417 e. The molecule has 2 aromatic carbocycles. The Morgan fingerprint density at radius 2 is 1.84 bits per heavy atom. The van der Waals surface area contributed by atoms with Crippen LogP contribution in [-0.2, 0) is 19.1 Å². The highest BCUT2D eigenvalue weighted by Gasteiger charge is 2.30. The van der Waals surface area contributed by atoms with E-state index in [0.29, 0.717) is 24.2 Å². The third-order valence-electron chi connectivity index (χ3n) is 6.16. The molecule has 194 valence electrons. The number of aliphatic hydroxyl groups is 1. The van der Waals surface area contributed by atoms with Gasteiger partial charge in [-0.05, 0) is 66.8 Å². The number of fused-ring (bicyclic) bond motifs is 1. The normalized spacial score (nSPS) is 12.6. The van der Waals surface area contributed by atoms with Crippen molar-refractivity contribution in [3.05, 3.63) is 94.9 Å². The van der Waals surface area contributed by atoms with Gasteiger partial charge in [-0.1, -0.05) is 19.1 Å². The molecule has 0 spiro atoms. The summed E-state index contributed by atoms with van der Waals surface area (Å²) in [6.07, 6.45) is -3.21. The molecule has 0 aliphatic heterocycles. The van der Waals surface area contributed by atoms with Crippen LogP contribution < -0.4 is 5.32 Å². The lowest BCUT2D eigenvalue weighted by molar-refractivity contribution is -0.137. The van der Waals surface area contributed by atoms with Crippen molar-refractivity contribution in [2.45, 2.75) is 43.9 Å². The molecule has 37 heavy (non-hydrogen) atoms. The Hall–Kier alpha value is -3.30.